The highest BCUT2D eigenvalue weighted by atomic mass is 16.5. The largest absolute Gasteiger partial charge is 0.396 e. The van der Waals surface area contributed by atoms with Crippen LogP contribution >= 0.6 is 0 Å². The molecule has 2 saturated carbocycles. The summed E-state index contributed by atoms with van der Waals surface area (Å²) in [6, 6.07) is 0. The minimum absolute atomic E-state index is 0.150. The molecular weight excluding hydrogens is 188 g/mol. The summed E-state index contributed by atoms with van der Waals surface area (Å²) < 4.78 is 5.94. The lowest BCUT2D eigenvalue weighted by molar-refractivity contribution is -0.0330. The summed E-state index contributed by atoms with van der Waals surface area (Å²) in [7, 11) is 0. The molecule has 0 aromatic heterocycles. The van der Waals surface area contributed by atoms with Crippen LogP contribution in [0.2, 0.25) is 0 Å². The first-order valence-electron chi connectivity index (χ1n) is 6.59. The standard InChI is InChI=1S/C13H22O2/c14-9-13(11-3-1-2-4-11)7-8-15-12(13)10-5-6-10/h10-12,14H,1-9H2. The summed E-state index contributed by atoms with van der Waals surface area (Å²) in [5.74, 6) is 1.52. The third-order valence-corrected chi connectivity index (χ3v) is 4.94. The highest BCUT2D eigenvalue weighted by molar-refractivity contribution is 5.03. The van der Waals surface area contributed by atoms with E-state index in [1.165, 1.54) is 38.5 Å². The molecule has 0 spiro atoms. The Bertz CT molecular complexity index is 231. The molecular formula is C13H22O2. The Morgan fingerprint density at radius 2 is 1.87 bits per heavy atom. The van der Waals surface area contributed by atoms with Crippen LogP contribution in [0.3, 0.4) is 0 Å². The van der Waals surface area contributed by atoms with E-state index in [4.69, 9.17) is 4.74 Å². The Balaban J connectivity index is 1.82. The Morgan fingerprint density at radius 3 is 2.47 bits per heavy atom. The number of hydrogen-bond acceptors (Lipinski definition) is 2. The van der Waals surface area contributed by atoms with E-state index in [9.17, 15) is 5.11 Å². The normalized spacial score (nSPS) is 42.6. The molecule has 2 nitrogen and oxygen atoms in total. The van der Waals surface area contributed by atoms with E-state index in [-0.39, 0.29) is 5.41 Å². The van der Waals surface area contributed by atoms with Crippen LogP contribution in [0, 0.1) is 17.3 Å². The second kappa shape index (κ2) is 3.74. The van der Waals surface area contributed by atoms with Crippen molar-refractivity contribution in [1.29, 1.82) is 0 Å². The van der Waals surface area contributed by atoms with Crippen LogP contribution in [0.4, 0.5) is 0 Å². The Kier molecular flexibility index (Phi) is 2.52. The fraction of sp³-hybridized carbons (Fsp3) is 1.00. The van der Waals surface area contributed by atoms with Crippen LogP contribution in [0.25, 0.3) is 0 Å². The van der Waals surface area contributed by atoms with Crippen molar-refractivity contribution in [3.8, 4) is 0 Å². The van der Waals surface area contributed by atoms with Gasteiger partial charge in [0.05, 0.1) is 12.7 Å². The topological polar surface area (TPSA) is 29.5 Å². The van der Waals surface area contributed by atoms with E-state index >= 15 is 0 Å². The molecule has 86 valence electrons. The molecule has 2 atom stereocenters. The molecule has 0 aromatic rings. The minimum atomic E-state index is 0.150. The second-order valence-electron chi connectivity index (χ2n) is 5.75. The molecule has 0 radical (unpaired) electrons. The predicted molar refractivity (Wildman–Crippen MR) is 58.6 cm³/mol. The van der Waals surface area contributed by atoms with Gasteiger partial charge in [0.2, 0.25) is 0 Å². The molecule has 1 aliphatic heterocycles. The van der Waals surface area contributed by atoms with Crippen molar-refractivity contribution in [2.75, 3.05) is 13.2 Å². The van der Waals surface area contributed by atoms with Crippen molar-refractivity contribution >= 4 is 0 Å². The SMILES string of the molecule is OCC1(C2CCCC2)CCOC1C1CC1. The van der Waals surface area contributed by atoms with Crippen molar-refractivity contribution in [2.24, 2.45) is 17.3 Å². The van der Waals surface area contributed by atoms with E-state index in [1.54, 1.807) is 0 Å². The molecule has 2 heteroatoms. The summed E-state index contributed by atoms with van der Waals surface area (Å²) in [6.07, 6.45) is 9.55. The van der Waals surface area contributed by atoms with Crippen LogP contribution in [0.1, 0.15) is 44.9 Å². The molecule has 1 heterocycles. The van der Waals surface area contributed by atoms with Gasteiger partial charge in [-0.25, -0.2) is 0 Å². The van der Waals surface area contributed by atoms with Gasteiger partial charge in [0.25, 0.3) is 0 Å². The fourth-order valence-electron chi connectivity index (χ4n) is 3.92. The van der Waals surface area contributed by atoms with Crippen LogP contribution in [0.5, 0.6) is 0 Å². The summed E-state index contributed by atoms with van der Waals surface area (Å²) in [5, 5.41) is 9.84. The zero-order chi connectivity index (χ0) is 10.3. The molecule has 0 aromatic carbocycles. The smallest absolute Gasteiger partial charge is 0.0684 e. The van der Waals surface area contributed by atoms with E-state index < -0.39 is 0 Å². The molecule has 2 aliphatic carbocycles. The van der Waals surface area contributed by atoms with Crippen molar-refractivity contribution in [3.63, 3.8) is 0 Å². The van der Waals surface area contributed by atoms with E-state index in [0.717, 1.165) is 24.9 Å². The van der Waals surface area contributed by atoms with E-state index in [2.05, 4.69) is 0 Å². The van der Waals surface area contributed by atoms with Crippen molar-refractivity contribution in [2.45, 2.75) is 51.0 Å². The van der Waals surface area contributed by atoms with Gasteiger partial charge in [-0.2, -0.15) is 0 Å². The summed E-state index contributed by atoms with van der Waals surface area (Å²) >= 11 is 0. The second-order valence-corrected chi connectivity index (χ2v) is 5.75. The third kappa shape index (κ3) is 1.53. The van der Waals surface area contributed by atoms with Crippen LogP contribution in [0.15, 0.2) is 0 Å². The molecule has 0 bridgehead atoms. The molecule has 3 aliphatic rings. The van der Waals surface area contributed by atoms with Gasteiger partial charge < -0.3 is 9.84 Å². The van der Waals surface area contributed by atoms with Gasteiger partial charge in [-0.1, -0.05) is 12.8 Å². The van der Waals surface area contributed by atoms with E-state index in [1.807, 2.05) is 0 Å². The zero-order valence-electron chi connectivity index (χ0n) is 9.45. The third-order valence-electron chi connectivity index (χ3n) is 4.94. The number of ether oxygens (including phenoxy) is 1. The lowest BCUT2D eigenvalue weighted by atomic mass is 9.68. The maximum absolute atomic E-state index is 9.84. The number of rotatable bonds is 3. The van der Waals surface area contributed by atoms with Crippen LogP contribution in [-0.2, 0) is 4.74 Å². The molecule has 1 saturated heterocycles. The fourth-order valence-corrected chi connectivity index (χ4v) is 3.92. The molecule has 3 fully saturated rings. The first-order chi connectivity index (χ1) is 7.37. The van der Waals surface area contributed by atoms with Gasteiger partial charge in [-0.15, -0.1) is 0 Å². The molecule has 0 amide bonds. The van der Waals surface area contributed by atoms with Crippen molar-refractivity contribution < 1.29 is 9.84 Å². The minimum Gasteiger partial charge on any atom is -0.396 e. The van der Waals surface area contributed by atoms with Gasteiger partial charge in [0, 0.05) is 12.0 Å². The highest BCUT2D eigenvalue weighted by Crippen LogP contribution is 2.54. The van der Waals surface area contributed by atoms with Crippen molar-refractivity contribution in [1.82, 2.24) is 0 Å². The van der Waals surface area contributed by atoms with Crippen LogP contribution in [-0.4, -0.2) is 24.4 Å². The number of hydrogen-bond donors (Lipinski definition) is 1. The lowest BCUT2D eigenvalue weighted by Crippen LogP contribution is -2.42. The summed E-state index contributed by atoms with van der Waals surface area (Å²) in [6.45, 7) is 1.25. The van der Waals surface area contributed by atoms with Crippen LogP contribution < -0.4 is 0 Å². The first kappa shape index (κ1) is 10.1. The first-order valence-corrected chi connectivity index (χ1v) is 6.59. The summed E-state index contributed by atoms with van der Waals surface area (Å²) in [5.41, 5.74) is 0.150. The Hall–Kier alpha value is -0.0800. The molecule has 2 unspecified atom stereocenters. The van der Waals surface area contributed by atoms with Gasteiger partial charge in [-0.3, -0.25) is 0 Å². The molecule has 3 rings (SSSR count). The van der Waals surface area contributed by atoms with Gasteiger partial charge >= 0.3 is 0 Å². The quantitative estimate of drug-likeness (QED) is 0.775. The number of aliphatic hydroxyl groups excluding tert-OH is 1. The Labute approximate surface area is 92.0 Å². The number of aliphatic hydroxyl groups is 1. The Morgan fingerprint density at radius 1 is 1.13 bits per heavy atom. The predicted octanol–water partition coefficient (Wildman–Crippen LogP) is 2.35. The van der Waals surface area contributed by atoms with Crippen molar-refractivity contribution in [3.05, 3.63) is 0 Å². The molecule has 15 heavy (non-hydrogen) atoms. The average molecular weight is 210 g/mol. The lowest BCUT2D eigenvalue weighted by Gasteiger charge is -2.38. The van der Waals surface area contributed by atoms with Gasteiger partial charge in [0.15, 0.2) is 0 Å². The maximum atomic E-state index is 9.84. The summed E-state index contributed by atoms with van der Waals surface area (Å²) in [4.78, 5) is 0. The van der Waals surface area contributed by atoms with Gasteiger partial charge in [0.1, 0.15) is 0 Å². The zero-order valence-corrected chi connectivity index (χ0v) is 9.45. The maximum Gasteiger partial charge on any atom is 0.0684 e. The molecule has 1 N–H and O–H groups in total. The monoisotopic (exact) mass is 210 g/mol. The average Bonchev–Trinajstić information content (AvgIpc) is 2.83. The van der Waals surface area contributed by atoms with E-state index in [0.29, 0.717) is 12.7 Å². The van der Waals surface area contributed by atoms with Gasteiger partial charge in [-0.05, 0) is 43.9 Å². The highest BCUT2D eigenvalue weighted by Gasteiger charge is 2.54.